The molecule has 7 nitrogen and oxygen atoms in total. The van der Waals surface area contributed by atoms with E-state index >= 15 is 0 Å². The van der Waals surface area contributed by atoms with Crippen molar-refractivity contribution in [3.8, 4) is 0 Å². The second kappa shape index (κ2) is 7.22. The Bertz CT molecular complexity index is 811. The van der Waals surface area contributed by atoms with Crippen LogP contribution in [0.5, 0.6) is 0 Å². The molecule has 4 saturated carbocycles. The van der Waals surface area contributed by atoms with Crippen LogP contribution in [-0.4, -0.2) is 40.9 Å². The van der Waals surface area contributed by atoms with Crippen molar-refractivity contribution in [2.75, 3.05) is 6.54 Å². The SMILES string of the molecule is NCC(=O)N[C@@H](Cc1ccccc1)C(=O)C1C2(N)CC3CC(C2)CC1(C(=O)O)C3. The van der Waals surface area contributed by atoms with Gasteiger partial charge in [-0.25, -0.2) is 0 Å². The Labute approximate surface area is 170 Å². The number of hydrogen-bond acceptors (Lipinski definition) is 5. The summed E-state index contributed by atoms with van der Waals surface area (Å²) in [5.74, 6) is -1.90. The molecule has 0 aromatic heterocycles. The van der Waals surface area contributed by atoms with Gasteiger partial charge in [-0.2, -0.15) is 0 Å². The molecule has 0 aliphatic heterocycles. The lowest BCUT2D eigenvalue weighted by molar-refractivity contribution is -0.185. The molecule has 5 rings (SSSR count). The smallest absolute Gasteiger partial charge is 0.310 e. The van der Waals surface area contributed by atoms with Gasteiger partial charge in [-0.05, 0) is 55.9 Å². The fourth-order valence-corrected chi connectivity index (χ4v) is 6.62. The largest absolute Gasteiger partial charge is 0.481 e. The first kappa shape index (κ1) is 20.0. The van der Waals surface area contributed by atoms with E-state index in [1.807, 2.05) is 30.3 Å². The molecule has 3 unspecified atom stereocenters. The van der Waals surface area contributed by atoms with Crippen molar-refractivity contribution in [3.05, 3.63) is 35.9 Å². The molecule has 4 aliphatic carbocycles. The van der Waals surface area contributed by atoms with Crippen molar-refractivity contribution in [3.63, 3.8) is 0 Å². The fraction of sp³-hybridized carbons (Fsp3) is 0.591. The highest BCUT2D eigenvalue weighted by Gasteiger charge is 2.68. The highest BCUT2D eigenvalue weighted by atomic mass is 16.4. The number of nitrogens with two attached hydrogens (primary N) is 2. The van der Waals surface area contributed by atoms with E-state index < -0.39 is 34.8 Å². The number of amides is 1. The van der Waals surface area contributed by atoms with Crippen LogP contribution in [0.15, 0.2) is 30.3 Å². The molecular formula is C22H29N3O4. The number of carbonyl (C=O) groups is 3. The van der Waals surface area contributed by atoms with Crippen molar-refractivity contribution >= 4 is 17.7 Å². The standard InChI is InChI=1S/C22H29N3O4/c23-12-17(26)25-16(7-13-4-2-1-3-5-13)18(27)19-21(20(28)29)8-14-6-15(9-21)11-22(19,24)10-14/h1-5,14-16,19H,6-12,23-24H2,(H,25,26)(H,28,29)/t14?,15?,16-,19?,21?,22?/m0/s1. The summed E-state index contributed by atoms with van der Waals surface area (Å²) in [6.07, 6.45) is 3.65. The summed E-state index contributed by atoms with van der Waals surface area (Å²) < 4.78 is 0. The monoisotopic (exact) mass is 399 g/mol. The molecule has 1 amide bonds. The maximum Gasteiger partial charge on any atom is 0.310 e. The van der Waals surface area contributed by atoms with Gasteiger partial charge in [0, 0.05) is 5.54 Å². The molecule has 156 valence electrons. The molecule has 6 N–H and O–H groups in total. The predicted molar refractivity (Wildman–Crippen MR) is 107 cm³/mol. The predicted octanol–water partition coefficient (Wildman–Crippen LogP) is 0.850. The highest BCUT2D eigenvalue weighted by Crippen LogP contribution is 2.64. The van der Waals surface area contributed by atoms with Gasteiger partial charge in [0.05, 0.1) is 23.9 Å². The van der Waals surface area contributed by atoms with Crippen LogP contribution in [0, 0.1) is 23.2 Å². The summed E-state index contributed by atoms with van der Waals surface area (Å²) >= 11 is 0. The van der Waals surface area contributed by atoms with Crippen LogP contribution in [0.1, 0.15) is 37.7 Å². The first-order chi connectivity index (χ1) is 13.8. The van der Waals surface area contributed by atoms with E-state index in [9.17, 15) is 19.5 Å². The van der Waals surface area contributed by atoms with E-state index in [1.54, 1.807) is 0 Å². The van der Waals surface area contributed by atoms with Crippen molar-refractivity contribution in [1.82, 2.24) is 5.32 Å². The van der Waals surface area contributed by atoms with Gasteiger partial charge in [0.25, 0.3) is 0 Å². The number of hydrogen-bond donors (Lipinski definition) is 4. The van der Waals surface area contributed by atoms with Crippen LogP contribution in [0.25, 0.3) is 0 Å². The molecule has 7 heteroatoms. The Morgan fingerprint density at radius 3 is 2.28 bits per heavy atom. The fourth-order valence-electron chi connectivity index (χ4n) is 6.62. The van der Waals surface area contributed by atoms with E-state index in [0.717, 1.165) is 12.0 Å². The van der Waals surface area contributed by atoms with Gasteiger partial charge in [-0.1, -0.05) is 30.3 Å². The molecule has 4 aliphatic rings. The summed E-state index contributed by atoms with van der Waals surface area (Å²) in [4.78, 5) is 38.3. The second-order valence-electron chi connectivity index (χ2n) is 9.33. The molecule has 0 spiro atoms. The first-order valence-electron chi connectivity index (χ1n) is 10.4. The number of nitrogens with one attached hydrogen (secondary N) is 1. The lowest BCUT2D eigenvalue weighted by Crippen LogP contribution is -2.72. The van der Waals surface area contributed by atoms with Crippen LogP contribution in [0.4, 0.5) is 0 Å². The molecule has 1 aromatic carbocycles. The van der Waals surface area contributed by atoms with Gasteiger partial charge in [0.15, 0.2) is 5.78 Å². The van der Waals surface area contributed by atoms with Gasteiger partial charge in [-0.15, -0.1) is 0 Å². The van der Waals surface area contributed by atoms with Crippen LogP contribution in [0.3, 0.4) is 0 Å². The van der Waals surface area contributed by atoms with Gasteiger partial charge in [0.1, 0.15) is 0 Å². The number of rotatable bonds is 7. The van der Waals surface area contributed by atoms with E-state index in [-0.39, 0.29) is 24.2 Å². The molecule has 29 heavy (non-hydrogen) atoms. The Morgan fingerprint density at radius 1 is 1.10 bits per heavy atom. The van der Waals surface area contributed by atoms with Gasteiger partial charge < -0.3 is 21.9 Å². The molecule has 4 atom stereocenters. The number of benzene rings is 1. The number of aliphatic carboxylic acids is 1. The molecule has 0 radical (unpaired) electrons. The van der Waals surface area contributed by atoms with E-state index in [2.05, 4.69) is 5.32 Å². The number of ketones is 1. The van der Waals surface area contributed by atoms with E-state index in [0.29, 0.717) is 32.1 Å². The number of Topliss-reactive ketones (excluding diaryl/α,β-unsaturated/α-hetero) is 1. The molecular weight excluding hydrogens is 370 g/mol. The molecule has 0 heterocycles. The number of carbonyl (C=O) groups excluding carboxylic acids is 2. The summed E-state index contributed by atoms with van der Waals surface area (Å²) in [5.41, 5.74) is 11.2. The third-order valence-corrected chi connectivity index (χ3v) is 7.29. The summed E-state index contributed by atoms with van der Waals surface area (Å²) in [6, 6.07) is 8.55. The van der Waals surface area contributed by atoms with Gasteiger partial charge in [-0.3, -0.25) is 14.4 Å². The highest BCUT2D eigenvalue weighted by molar-refractivity contribution is 5.96. The molecule has 4 bridgehead atoms. The van der Waals surface area contributed by atoms with Crippen LogP contribution in [-0.2, 0) is 20.8 Å². The van der Waals surface area contributed by atoms with Crippen molar-refractivity contribution in [1.29, 1.82) is 0 Å². The van der Waals surface area contributed by atoms with Crippen molar-refractivity contribution in [2.45, 2.75) is 50.1 Å². The third-order valence-electron chi connectivity index (χ3n) is 7.29. The Hall–Kier alpha value is -2.25. The molecule has 0 saturated heterocycles. The Morgan fingerprint density at radius 2 is 1.72 bits per heavy atom. The average Bonchev–Trinajstić information content (AvgIpc) is 2.66. The zero-order valence-electron chi connectivity index (χ0n) is 16.5. The lowest BCUT2D eigenvalue weighted by atomic mass is 9.41. The van der Waals surface area contributed by atoms with Crippen LogP contribution >= 0.6 is 0 Å². The van der Waals surface area contributed by atoms with Crippen LogP contribution in [0.2, 0.25) is 0 Å². The number of carboxylic acids is 1. The lowest BCUT2D eigenvalue weighted by Gasteiger charge is -2.63. The maximum atomic E-state index is 13.8. The Balaban J connectivity index is 1.69. The van der Waals surface area contributed by atoms with Crippen molar-refractivity contribution < 1.29 is 19.5 Å². The zero-order valence-corrected chi connectivity index (χ0v) is 16.5. The quantitative estimate of drug-likeness (QED) is 0.537. The third kappa shape index (κ3) is 3.36. The second-order valence-corrected chi connectivity index (χ2v) is 9.33. The van der Waals surface area contributed by atoms with Crippen molar-refractivity contribution in [2.24, 2.45) is 34.6 Å². The normalized spacial score (nSPS) is 35.9. The topological polar surface area (TPSA) is 136 Å². The average molecular weight is 399 g/mol. The summed E-state index contributed by atoms with van der Waals surface area (Å²) in [6.45, 7) is -0.231. The minimum Gasteiger partial charge on any atom is -0.481 e. The van der Waals surface area contributed by atoms with Gasteiger partial charge in [0.2, 0.25) is 5.91 Å². The minimum atomic E-state index is -1.13. The van der Waals surface area contributed by atoms with E-state index in [4.69, 9.17) is 11.5 Å². The summed E-state index contributed by atoms with van der Waals surface area (Å²) in [7, 11) is 0. The minimum absolute atomic E-state index is 0.231. The van der Waals surface area contributed by atoms with Gasteiger partial charge >= 0.3 is 5.97 Å². The van der Waals surface area contributed by atoms with Crippen LogP contribution < -0.4 is 16.8 Å². The van der Waals surface area contributed by atoms with E-state index in [1.165, 1.54) is 0 Å². The molecule has 1 aromatic rings. The summed E-state index contributed by atoms with van der Waals surface area (Å²) in [5, 5.41) is 12.9. The maximum absolute atomic E-state index is 13.8. The molecule has 4 fully saturated rings. The first-order valence-corrected chi connectivity index (χ1v) is 10.4. The number of carboxylic acid groups (broad SMARTS) is 1. The Kier molecular flexibility index (Phi) is 4.99. The zero-order chi connectivity index (χ0) is 20.8.